The third kappa shape index (κ3) is 5.64. The zero-order valence-corrected chi connectivity index (χ0v) is 21.6. The van der Waals surface area contributed by atoms with Crippen molar-refractivity contribution in [2.24, 2.45) is 0 Å². The molecule has 0 amide bonds. The molecule has 0 aliphatic carbocycles. The summed E-state index contributed by atoms with van der Waals surface area (Å²) in [4.78, 5) is 20.5. The fraction of sp³-hybridized carbons (Fsp3) is 0.407. The monoisotopic (exact) mass is 508 g/mol. The molecule has 0 atom stereocenters. The second kappa shape index (κ2) is 10.9. The number of pyridine rings is 1. The standard InChI is InChI=1S/C27H32N4O4S/c1-18-3-4-22(19(2)13-18)29-27(36)31(6-5-30-7-9-33-10-8-30)17-21-14-20-15-24-25(35-12-11-34-24)16-23(20)28-26(21)32/h3-4,13-16H,5-12,17H2,1-2H3,(H,28,32)(H,29,36). The third-order valence-corrected chi connectivity index (χ3v) is 7.01. The highest BCUT2D eigenvalue weighted by Crippen LogP contribution is 2.33. The Hall–Kier alpha value is -3.14. The van der Waals surface area contributed by atoms with Crippen LogP contribution < -0.4 is 20.3 Å². The summed E-state index contributed by atoms with van der Waals surface area (Å²) in [5.41, 5.74) is 4.53. The number of nitrogens with zero attached hydrogens (tertiary/aromatic N) is 2. The van der Waals surface area contributed by atoms with Gasteiger partial charge in [-0.2, -0.15) is 0 Å². The van der Waals surface area contributed by atoms with Crippen molar-refractivity contribution in [3.8, 4) is 11.5 Å². The predicted octanol–water partition coefficient (Wildman–Crippen LogP) is 3.45. The van der Waals surface area contributed by atoms with Crippen molar-refractivity contribution in [3.63, 3.8) is 0 Å². The lowest BCUT2D eigenvalue weighted by Gasteiger charge is -2.31. The molecule has 2 aliphatic heterocycles. The Morgan fingerprint density at radius 1 is 1.06 bits per heavy atom. The zero-order valence-electron chi connectivity index (χ0n) is 20.8. The number of ether oxygens (including phenoxy) is 3. The fourth-order valence-electron chi connectivity index (χ4n) is 4.60. The molecule has 0 saturated carbocycles. The van der Waals surface area contributed by atoms with Gasteiger partial charge in [-0.15, -0.1) is 0 Å². The second-order valence-corrected chi connectivity index (χ2v) is 9.72. The van der Waals surface area contributed by atoms with E-state index >= 15 is 0 Å². The number of benzene rings is 2. The number of aryl methyl sites for hydroxylation is 2. The van der Waals surface area contributed by atoms with Crippen molar-refractivity contribution in [2.45, 2.75) is 20.4 Å². The maximum atomic E-state index is 13.1. The lowest BCUT2D eigenvalue weighted by Crippen LogP contribution is -2.44. The highest BCUT2D eigenvalue weighted by Gasteiger charge is 2.19. The number of nitrogens with one attached hydrogen (secondary N) is 2. The van der Waals surface area contributed by atoms with E-state index in [4.69, 9.17) is 26.4 Å². The molecule has 8 nitrogen and oxygen atoms in total. The van der Waals surface area contributed by atoms with Crippen molar-refractivity contribution in [1.29, 1.82) is 0 Å². The van der Waals surface area contributed by atoms with Crippen LogP contribution in [0.15, 0.2) is 41.2 Å². The summed E-state index contributed by atoms with van der Waals surface area (Å²) in [7, 11) is 0. The Kier molecular flexibility index (Phi) is 7.41. The number of rotatable bonds is 6. The zero-order chi connectivity index (χ0) is 25.1. The number of morpholine rings is 1. The van der Waals surface area contributed by atoms with Crippen molar-refractivity contribution in [1.82, 2.24) is 14.8 Å². The van der Waals surface area contributed by atoms with Crippen LogP contribution in [0.5, 0.6) is 11.5 Å². The number of H-pyrrole nitrogens is 1. The molecule has 3 heterocycles. The number of hydrogen-bond donors (Lipinski definition) is 2. The summed E-state index contributed by atoms with van der Waals surface area (Å²) in [5.74, 6) is 1.35. The van der Waals surface area contributed by atoms with Crippen LogP contribution in [0.25, 0.3) is 10.9 Å². The van der Waals surface area contributed by atoms with Crippen LogP contribution >= 0.6 is 12.2 Å². The summed E-state index contributed by atoms with van der Waals surface area (Å²) in [6, 6.07) is 11.9. The molecule has 2 aliphatic rings. The van der Waals surface area contributed by atoms with E-state index in [1.165, 1.54) is 5.56 Å². The number of fused-ring (bicyclic) bond motifs is 2. The number of hydrogen-bond acceptors (Lipinski definition) is 6. The minimum Gasteiger partial charge on any atom is -0.486 e. The smallest absolute Gasteiger partial charge is 0.253 e. The van der Waals surface area contributed by atoms with Gasteiger partial charge in [0.25, 0.3) is 5.56 Å². The second-order valence-electron chi connectivity index (χ2n) is 9.33. The maximum Gasteiger partial charge on any atom is 0.253 e. The van der Waals surface area contributed by atoms with Crippen LogP contribution in [0, 0.1) is 13.8 Å². The highest BCUT2D eigenvalue weighted by atomic mass is 32.1. The molecule has 5 rings (SSSR count). The summed E-state index contributed by atoms with van der Waals surface area (Å²) < 4.78 is 16.9. The Morgan fingerprint density at radius 3 is 2.56 bits per heavy atom. The average molecular weight is 509 g/mol. The van der Waals surface area contributed by atoms with Crippen molar-refractivity contribution < 1.29 is 14.2 Å². The van der Waals surface area contributed by atoms with Crippen LogP contribution in [0.4, 0.5) is 5.69 Å². The number of anilines is 1. The van der Waals surface area contributed by atoms with Crippen molar-refractivity contribution in [3.05, 3.63) is 63.4 Å². The van der Waals surface area contributed by atoms with Crippen LogP contribution in [0.2, 0.25) is 0 Å². The van der Waals surface area contributed by atoms with E-state index in [9.17, 15) is 4.79 Å². The first kappa shape index (κ1) is 24.5. The van der Waals surface area contributed by atoms with Gasteiger partial charge in [-0.3, -0.25) is 9.69 Å². The summed E-state index contributed by atoms with van der Waals surface area (Å²) in [6.07, 6.45) is 0. The third-order valence-electron chi connectivity index (χ3n) is 6.65. The molecule has 0 bridgehead atoms. The normalized spacial score (nSPS) is 15.6. The van der Waals surface area contributed by atoms with Gasteiger partial charge in [0, 0.05) is 48.9 Å². The van der Waals surface area contributed by atoms with E-state index in [1.807, 2.05) is 24.3 Å². The Bertz CT molecular complexity index is 1320. The molecule has 1 fully saturated rings. The summed E-state index contributed by atoms with van der Waals surface area (Å²) >= 11 is 5.86. The molecule has 2 aromatic carbocycles. The van der Waals surface area contributed by atoms with Crippen LogP contribution in [0.1, 0.15) is 16.7 Å². The number of thiocarbonyl (C=S) groups is 1. The van der Waals surface area contributed by atoms with Gasteiger partial charge in [-0.1, -0.05) is 17.7 Å². The van der Waals surface area contributed by atoms with Gasteiger partial charge in [0.1, 0.15) is 13.2 Å². The molecule has 9 heteroatoms. The summed E-state index contributed by atoms with van der Waals surface area (Å²) in [6.45, 7) is 10.4. The van der Waals surface area contributed by atoms with Gasteiger partial charge >= 0.3 is 0 Å². The minimum atomic E-state index is -0.134. The van der Waals surface area contributed by atoms with Gasteiger partial charge in [0.05, 0.1) is 25.3 Å². The quantitative estimate of drug-likeness (QED) is 0.491. The Balaban J connectivity index is 1.40. The Morgan fingerprint density at radius 2 is 1.81 bits per heavy atom. The van der Waals surface area contributed by atoms with E-state index in [0.29, 0.717) is 48.5 Å². The molecular weight excluding hydrogens is 476 g/mol. The van der Waals surface area contributed by atoms with E-state index in [1.54, 1.807) is 0 Å². The topological polar surface area (TPSA) is 79.1 Å². The number of aromatic nitrogens is 1. The molecule has 0 radical (unpaired) electrons. The molecule has 3 aromatic rings. The summed E-state index contributed by atoms with van der Waals surface area (Å²) in [5, 5.41) is 4.90. The van der Waals surface area contributed by atoms with E-state index in [2.05, 4.69) is 46.1 Å². The maximum absolute atomic E-state index is 13.1. The highest BCUT2D eigenvalue weighted by molar-refractivity contribution is 7.80. The lowest BCUT2D eigenvalue weighted by molar-refractivity contribution is 0.0358. The van der Waals surface area contributed by atoms with Crippen LogP contribution in [-0.2, 0) is 11.3 Å². The molecule has 1 aromatic heterocycles. The first-order valence-corrected chi connectivity index (χ1v) is 12.8. The predicted molar refractivity (Wildman–Crippen MR) is 145 cm³/mol. The van der Waals surface area contributed by atoms with E-state index in [-0.39, 0.29) is 5.56 Å². The molecule has 0 unspecified atom stereocenters. The van der Waals surface area contributed by atoms with Gasteiger partial charge in [0.15, 0.2) is 16.6 Å². The molecule has 36 heavy (non-hydrogen) atoms. The van der Waals surface area contributed by atoms with E-state index in [0.717, 1.165) is 55.0 Å². The molecule has 1 saturated heterocycles. The average Bonchev–Trinajstić information content (AvgIpc) is 2.88. The van der Waals surface area contributed by atoms with Crippen LogP contribution in [-0.4, -0.2) is 72.5 Å². The first-order valence-electron chi connectivity index (χ1n) is 12.3. The van der Waals surface area contributed by atoms with Gasteiger partial charge in [-0.25, -0.2) is 0 Å². The SMILES string of the molecule is Cc1ccc(NC(=S)N(CCN2CCOCC2)Cc2cc3cc4c(cc3[nH]c2=O)OCCO4)c(C)c1. The van der Waals surface area contributed by atoms with Crippen molar-refractivity contribution >= 4 is 33.9 Å². The fourth-order valence-corrected chi connectivity index (χ4v) is 4.86. The molecular formula is C27H32N4O4S. The molecule has 190 valence electrons. The minimum absolute atomic E-state index is 0.134. The lowest BCUT2D eigenvalue weighted by atomic mass is 10.1. The van der Waals surface area contributed by atoms with Gasteiger partial charge < -0.3 is 29.4 Å². The Labute approximate surface area is 216 Å². The first-order chi connectivity index (χ1) is 17.5. The van der Waals surface area contributed by atoms with Crippen LogP contribution in [0.3, 0.4) is 0 Å². The van der Waals surface area contributed by atoms with Crippen molar-refractivity contribution in [2.75, 3.05) is 57.9 Å². The molecule has 0 spiro atoms. The van der Waals surface area contributed by atoms with Gasteiger partial charge in [0.2, 0.25) is 0 Å². The van der Waals surface area contributed by atoms with E-state index < -0.39 is 0 Å². The number of aromatic amines is 1. The largest absolute Gasteiger partial charge is 0.486 e. The molecule has 2 N–H and O–H groups in total. The van der Waals surface area contributed by atoms with Gasteiger partial charge in [-0.05, 0) is 49.8 Å².